The Morgan fingerprint density at radius 3 is 2.94 bits per heavy atom. The van der Waals surface area contributed by atoms with E-state index in [-0.39, 0.29) is 6.04 Å². The van der Waals surface area contributed by atoms with Crippen LogP contribution in [0.3, 0.4) is 0 Å². The second kappa shape index (κ2) is 5.84. The number of aromatic nitrogens is 2. The first-order valence-electron chi connectivity index (χ1n) is 5.89. The highest BCUT2D eigenvalue weighted by atomic mass is 35.5. The summed E-state index contributed by atoms with van der Waals surface area (Å²) in [6, 6.07) is -0.0955. The van der Waals surface area contributed by atoms with Gasteiger partial charge >= 0.3 is 0 Å². The van der Waals surface area contributed by atoms with Gasteiger partial charge in [0.1, 0.15) is 0 Å². The lowest BCUT2D eigenvalue weighted by atomic mass is 10.1. The first-order chi connectivity index (χ1) is 8.67. The van der Waals surface area contributed by atoms with Gasteiger partial charge in [-0.1, -0.05) is 18.5 Å². The number of nitrogens with two attached hydrogens (primary N) is 1. The Labute approximate surface area is 116 Å². The highest BCUT2D eigenvalue weighted by Gasteiger charge is 2.20. The molecule has 2 aromatic heterocycles. The van der Waals surface area contributed by atoms with Crippen LogP contribution in [0.1, 0.15) is 35.4 Å². The van der Waals surface area contributed by atoms with Crippen molar-refractivity contribution in [1.29, 1.82) is 0 Å². The average Bonchev–Trinajstić information content (AvgIpc) is 2.93. The molecule has 0 amide bonds. The third kappa shape index (κ3) is 2.59. The molecule has 2 heterocycles. The van der Waals surface area contributed by atoms with Crippen LogP contribution in [0.5, 0.6) is 0 Å². The average molecular weight is 285 g/mol. The molecule has 4 nitrogen and oxygen atoms in total. The molecule has 0 saturated heterocycles. The van der Waals surface area contributed by atoms with Crippen molar-refractivity contribution in [3.05, 3.63) is 38.8 Å². The van der Waals surface area contributed by atoms with Crippen LogP contribution in [0, 0.1) is 6.92 Å². The van der Waals surface area contributed by atoms with Crippen LogP contribution >= 0.6 is 22.9 Å². The molecule has 2 aromatic rings. The van der Waals surface area contributed by atoms with Gasteiger partial charge in [0.2, 0.25) is 0 Å². The molecule has 0 aromatic carbocycles. The largest absolute Gasteiger partial charge is 0.272 e. The Bertz CT molecular complexity index is 520. The van der Waals surface area contributed by atoms with Gasteiger partial charge in [0.25, 0.3) is 0 Å². The molecule has 3 N–H and O–H groups in total. The minimum Gasteiger partial charge on any atom is -0.272 e. The van der Waals surface area contributed by atoms with Crippen LogP contribution in [-0.2, 0) is 6.54 Å². The van der Waals surface area contributed by atoms with Crippen molar-refractivity contribution in [1.82, 2.24) is 15.2 Å². The zero-order chi connectivity index (χ0) is 13.1. The van der Waals surface area contributed by atoms with Crippen LogP contribution < -0.4 is 11.3 Å². The minimum atomic E-state index is -0.0955. The fraction of sp³-hybridized carbons (Fsp3) is 0.417. The van der Waals surface area contributed by atoms with Crippen molar-refractivity contribution in [2.45, 2.75) is 32.9 Å². The van der Waals surface area contributed by atoms with E-state index in [1.165, 1.54) is 0 Å². The summed E-state index contributed by atoms with van der Waals surface area (Å²) < 4.78 is 1.92. The van der Waals surface area contributed by atoms with Gasteiger partial charge in [0.15, 0.2) is 0 Å². The maximum Gasteiger partial charge on any atom is 0.0847 e. The second-order valence-electron chi connectivity index (χ2n) is 4.23. The number of hydrogen-bond acceptors (Lipinski definition) is 4. The van der Waals surface area contributed by atoms with Gasteiger partial charge in [0, 0.05) is 23.2 Å². The standard InChI is InChI=1S/C12H17ClN4S/c1-3-4-17-6-9(5-15-17)11(16-14)12-10(13)8(2)7-18-12/h5-7,11,16H,3-4,14H2,1-2H3. The molecule has 98 valence electrons. The van der Waals surface area contributed by atoms with Gasteiger partial charge in [0.05, 0.1) is 17.3 Å². The van der Waals surface area contributed by atoms with E-state index in [0.717, 1.165) is 34.0 Å². The summed E-state index contributed by atoms with van der Waals surface area (Å²) in [6.07, 6.45) is 4.91. The fourth-order valence-electron chi connectivity index (χ4n) is 1.85. The van der Waals surface area contributed by atoms with Gasteiger partial charge in [-0.25, -0.2) is 5.43 Å². The van der Waals surface area contributed by atoms with Gasteiger partial charge in [-0.05, 0) is 24.3 Å². The van der Waals surface area contributed by atoms with Crippen molar-refractivity contribution in [3.63, 3.8) is 0 Å². The molecule has 1 unspecified atom stereocenters. The van der Waals surface area contributed by atoms with E-state index in [4.69, 9.17) is 17.4 Å². The monoisotopic (exact) mass is 284 g/mol. The first-order valence-corrected chi connectivity index (χ1v) is 7.15. The van der Waals surface area contributed by atoms with Crippen LogP contribution in [0.25, 0.3) is 0 Å². The topological polar surface area (TPSA) is 55.9 Å². The molecule has 0 aliphatic heterocycles. The number of hydrazine groups is 1. The Kier molecular flexibility index (Phi) is 4.40. The van der Waals surface area contributed by atoms with Crippen molar-refractivity contribution < 1.29 is 0 Å². The van der Waals surface area contributed by atoms with E-state index >= 15 is 0 Å². The number of aryl methyl sites for hydroxylation is 2. The maximum atomic E-state index is 6.29. The summed E-state index contributed by atoms with van der Waals surface area (Å²) in [5, 5.41) is 7.14. The molecule has 0 spiro atoms. The van der Waals surface area contributed by atoms with Gasteiger partial charge in [-0.15, -0.1) is 11.3 Å². The van der Waals surface area contributed by atoms with Gasteiger partial charge in [-0.2, -0.15) is 5.10 Å². The van der Waals surface area contributed by atoms with E-state index in [0.29, 0.717) is 0 Å². The first kappa shape index (κ1) is 13.5. The fourth-order valence-corrected chi connectivity index (χ4v) is 3.24. The smallest absolute Gasteiger partial charge is 0.0847 e. The van der Waals surface area contributed by atoms with E-state index in [1.807, 2.05) is 29.4 Å². The molecule has 0 saturated carbocycles. The number of nitrogens with one attached hydrogen (secondary N) is 1. The molecule has 0 aliphatic carbocycles. The Hall–Kier alpha value is -0.880. The highest BCUT2D eigenvalue weighted by Crippen LogP contribution is 2.35. The molecule has 0 fully saturated rings. The molecular weight excluding hydrogens is 268 g/mol. The molecular formula is C12H17ClN4S. The molecule has 1 atom stereocenters. The predicted molar refractivity (Wildman–Crippen MR) is 75.8 cm³/mol. The SMILES string of the molecule is CCCn1cc(C(NN)c2scc(C)c2Cl)cn1. The van der Waals surface area contributed by atoms with Crippen LogP contribution in [0.15, 0.2) is 17.8 Å². The number of rotatable bonds is 5. The van der Waals surface area contributed by atoms with Gasteiger partial charge < -0.3 is 0 Å². The third-order valence-electron chi connectivity index (χ3n) is 2.79. The van der Waals surface area contributed by atoms with Crippen molar-refractivity contribution in [3.8, 4) is 0 Å². The van der Waals surface area contributed by atoms with Crippen molar-refractivity contribution in [2.24, 2.45) is 5.84 Å². The predicted octanol–water partition coefficient (Wildman–Crippen LogP) is 2.87. The summed E-state index contributed by atoms with van der Waals surface area (Å²) in [4.78, 5) is 1.03. The zero-order valence-corrected chi connectivity index (χ0v) is 12.1. The number of hydrogen-bond donors (Lipinski definition) is 2. The van der Waals surface area contributed by atoms with Crippen molar-refractivity contribution >= 4 is 22.9 Å². The Balaban J connectivity index is 2.30. The zero-order valence-electron chi connectivity index (χ0n) is 10.5. The Morgan fingerprint density at radius 2 is 2.39 bits per heavy atom. The van der Waals surface area contributed by atoms with Crippen LogP contribution in [0.4, 0.5) is 0 Å². The van der Waals surface area contributed by atoms with E-state index < -0.39 is 0 Å². The molecule has 6 heteroatoms. The lowest BCUT2D eigenvalue weighted by molar-refractivity contribution is 0.598. The molecule has 2 rings (SSSR count). The lowest BCUT2D eigenvalue weighted by Gasteiger charge is -2.13. The number of nitrogens with zero attached hydrogens (tertiary/aromatic N) is 2. The van der Waals surface area contributed by atoms with Crippen molar-refractivity contribution in [2.75, 3.05) is 0 Å². The van der Waals surface area contributed by atoms with Crippen LogP contribution in [-0.4, -0.2) is 9.78 Å². The number of halogens is 1. The van der Waals surface area contributed by atoms with Gasteiger partial charge in [-0.3, -0.25) is 10.5 Å². The van der Waals surface area contributed by atoms with E-state index in [1.54, 1.807) is 11.3 Å². The molecule has 0 radical (unpaired) electrons. The third-order valence-corrected chi connectivity index (χ3v) is 4.57. The summed E-state index contributed by atoms with van der Waals surface area (Å²) >= 11 is 7.90. The Morgan fingerprint density at radius 1 is 1.61 bits per heavy atom. The highest BCUT2D eigenvalue weighted by molar-refractivity contribution is 7.10. The molecule has 0 aliphatic rings. The van der Waals surface area contributed by atoms with E-state index in [2.05, 4.69) is 17.4 Å². The molecule has 0 bridgehead atoms. The quantitative estimate of drug-likeness (QED) is 0.656. The number of thiophene rings is 1. The normalized spacial score (nSPS) is 12.9. The molecule has 18 heavy (non-hydrogen) atoms. The second-order valence-corrected chi connectivity index (χ2v) is 5.52. The summed E-state index contributed by atoms with van der Waals surface area (Å²) in [5.41, 5.74) is 4.93. The van der Waals surface area contributed by atoms with E-state index in [9.17, 15) is 0 Å². The van der Waals surface area contributed by atoms with Crippen LogP contribution in [0.2, 0.25) is 5.02 Å². The maximum absolute atomic E-state index is 6.29. The summed E-state index contributed by atoms with van der Waals surface area (Å²) in [6.45, 7) is 5.03. The summed E-state index contributed by atoms with van der Waals surface area (Å²) in [5.74, 6) is 5.66. The minimum absolute atomic E-state index is 0.0955. The lowest BCUT2D eigenvalue weighted by Crippen LogP contribution is -2.28. The summed E-state index contributed by atoms with van der Waals surface area (Å²) in [7, 11) is 0.